The van der Waals surface area contributed by atoms with Crippen LogP contribution in [0.2, 0.25) is 0 Å². The number of esters is 1. The molecule has 1 N–H and O–H groups in total. The molecule has 1 saturated heterocycles. The van der Waals surface area contributed by atoms with E-state index in [0.29, 0.717) is 19.1 Å². The van der Waals surface area contributed by atoms with Gasteiger partial charge in [0.1, 0.15) is 0 Å². The standard InChI is InChI=1S/C21H30N4O3/c1-3-28-20(27)17-10-6-12-24(15-17)21(22-2)23-14-19(26)25-13-7-9-16-8-4-5-11-18(16)25/h4-5,8,11,17H,3,6-7,9-10,12-15H2,1-2H3,(H,22,23)/t17-/m0/s1. The Balaban J connectivity index is 1.58. The summed E-state index contributed by atoms with van der Waals surface area (Å²) < 4.78 is 5.17. The molecule has 0 radical (unpaired) electrons. The molecule has 1 fully saturated rings. The van der Waals surface area contributed by atoms with E-state index in [-0.39, 0.29) is 24.3 Å². The monoisotopic (exact) mass is 386 g/mol. The van der Waals surface area contributed by atoms with Gasteiger partial charge in [-0.3, -0.25) is 14.6 Å². The lowest BCUT2D eigenvalue weighted by Gasteiger charge is -2.34. The summed E-state index contributed by atoms with van der Waals surface area (Å²) in [5.74, 6) is 0.403. The summed E-state index contributed by atoms with van der Waals surface area (Å²) >= 11 is 0. The van der Waals surface area contributed by atoms with E-state index in [4.69, 9.17) is 4.74 Å². The third-order valence-corrected chi connectivity index (χ3v) is 5.36. The number of benzene rings is 1. The number of hydrogen-bond acceptors (Lipinski definition) is 4. The number of rotatable bonds is 4. The van der Waals surface area contributed by atoms with E-state index in [1.54, 1.807) is 7.05 Å². The summed E-state index contributed by atoms with van der Waals surface area (Å²) in [6.07, 6.45) is 3.72. The number of aliphatic imine (C=N–C) groups is 1. The van der Waals surface area contributed by atoms with Gasteiger partial charge in [0.15, 0.2) is 5.96 Å². The third kappa shape index (κ3) is 4.64. The van der Waals surface area contributed by atoms with Crippen LogP contribution >= 0.6 is 0 Å². The Morgan fingerprint density at radius 2 is 2.07 bits per heavy atom. The molecule has 0 aliphatic carbocycles. The molecule has 0 spiro atoms. The highest BCUT2D eigenvalue weighted by Gasteiger charge is 2.29. The molecule has 2 heterocycles. The van der Waals surface area contributed by atoms with Crippen LogP contribution in [0.4, 0.5) is 5.69 Å². The smallest absolute Gasteiger partial charge is 0.310 e. The van der Waals surface area contributed by atoms with Crippen molar-refractivity contribution >= 4 is 23.5 Å². The lowest BCUT2D eigenvalue weighted by atomic mass is 9.98. The minimum atomic E-state index is -0.149. The molecule has 0 bridgehead atoms. The Kier molecular flexibility index (Phi) is 6.90. The number of hydrogen-bond donors (Lipinski definition) is 1. The van der Waals surface area contributed by atoms with Crippen LogP contribution in [0.5, 0.6) is 0 Å². The maximum atomic E-state index is 12.8. The molecule has 0 saturated carbocycles. The molecule has 0 aromatic heterocycles. The van der Waals surface area contributed by atoms with E-state index < -0.39 is 0 Å². The highest BCUT2D eigenvalue weighted by molar-refractivity contribution is 5.98. The van der Waals surface area contributed by atoms with Crippen LogP contribution in [-0.2, 0) is 20.7 Å². The molecule has 1 atom stereocenters. The van der Waals surface area contributed by atoms with Crippen molar-refractivity contribution in [2.75, 3.05) is 44.7 Å². The van der Waals surface area contributed by atoms with Crippen molar-refractivity contribution in [3.63, 3.8) is 0 Å². The second-order valence-electron chi connectivity index (χ2n) is 7.22. The number of fused-ring (bicyclic) bond motifs is 1. The number of aryl methyl sites for hydroxylation is 1. The summed E-state index contributed by atoms with van der Waals surface area (Å²) in [6, 6.07) is 8.09. The Bertz CT molecular complexity index is 734. The molecule has 3 rings (SSSR count). The first-order chi connectivity index (χ1) is 13.6. The van der Waals surface area contributed by atoms with E-state index in [9.17, 15) is 9.59 Å². The lowest BCUT2D eigenvalue weighted by Crippen LogP contribution is -2.51. The highest BCUT2D eigenvalue weighted by atomic mass is 16.5. The van der Waals surface area contributed by atoms with Gasteiger partial charge in [0.05, 0.1) is 19.1 Å². The maximum absolute atomic E-state index is 12.8. The predicted molar refractivity (Wildman–Crippen MR) is 109 cm³/mol. The molecule has 2 aliphatic rings. The second-order valence-corrected chi connectivity index (χ2v) is 7.22. The molecule has 28 heavy (non-hydrogen) atoms. The van der Waals surface area contributed by atoms with Gasteiger partial charge in [-0.2, -0.15) is 0 Å². The van der Waals surface area contributed by atoms with Gasteiger partial charge in [0.25, 0.3) is 0 Å². The summed E-state index contributed by atoms with van der Waals surface area (Å²) in [5, 5.41) is 3.19. The van der Waals surface area contributed by atoms with Crippen molar-refractivity contribution in [3.05, 3.63) is 29.8 Å². The quantitative estimate of drug-likeness (QED) is 0.485. The topological polar surface area (TPSA) is 74.2 Å². The Labute approximate surface area is 166 Å². The zero-order valence-electron chi connectivity index (χ0n) is 16.8. The van der Waals surface area contributed by atoms with Crippen LogP contribution in [0.15, 0.2) is 29.3 Å². The average molecular weight is 386 g/mol. The number of carbonyl (C=O) groups is 2. The van der Waals surface area contributed by atoms with Gasteiger partial charge < -0.3 is 19.9 Å². The number of carbonyl (C=O) groups excluding carboxylic acids is 2. The fraction of sp³-hybridized carbons (Fsp3) is 0.571. The number of nitrogens with one attached hydrogen (secondary N) is 1. The third-order valence-electron chi connectivity index (χ3n) is 5.36. The SMILES string of the molecule is CCOC(=O)[C@H]1CCCN(C(=NC)NCC(=O)N2CCCc3ccccc32)C1. The van der Waals surface area contributed by atoms with Crippen LogP contribution in [-0.4, -0.2) is 62.6 Å². The fourth-order valence-electron chi connectivity index (χ4n) is 4.00. The van der Waals surface area contributed by atoms with E-state index in [1.807, 2.05) is 34.9 Å². The van der Waals surface area contributed by atoms with Gasteiger partial charge in [-0.1, -0.05) is 18.2 Å². The zero-order chi connectivity index (χ0) is 19.9. The van der Waals surface area contributed by atoms with Gasteiger partial charge >= 0.3 is 5.97 Å². The number of amides is 1. The number of piperidine rings is 1. The van der Waals surface area contributed by atoms with Gasteiger partial charge in [0, 0.05) is 32.4 Å². The molecule has 1 aromatic rings. The van der Waals surface area contributed by atoms with Gasteiger partial charge in [-0.15, -0.1) is 0 Å². The fourth-order valence-corrected chi connectivity index (χ4v) is 4.00. The van der Waals surface area contributed by atoms with Crippen molar-refractivity contribution in [2.45, 2.75) is 32.6 Å². The Hall–Kier alpha value is -2.57. The molecular weight excluding hydrogens is 356 g/mol. The van der Waals surface area contributed by atoms with Gasteiger partial charge in [-0.25, -0.2) is 0 Å². The molecule has 1 aromatic carbocycles. The normalized spacial score (nSPS) is 19.8. The first kappa shape index (κ1) is 20.2. The van der Waals surface area contributed by atoms with Crippen molar-refractivity contribution in [3.8, 4) is 0 Å². The van der Waals surface area contributed by atoms with Gasteiger partial charge in [0.2, 0.25) is 5.91 Å². The molecule has 7 heteroatoms. The number of nitrogens with zero attached hydrogens (tertiary/aromatic N) is 3. The molecule has 7 nitrogen and oxygen atoms in total. The predicted octanol–water partition coefficient (Wildman–Crippen LogP) is 1.82. The summed E-state index contributed by atoms with van der Waals surface area (Å²) in [5.41, 5.74) is 2.23. The van der Waals surface area contributed by atoms with Crippen LogP contribution < -0.4 is 10.2 Å². The van der Waals surface area contributed by atoms with Crippen molar-refractivity contribution in [1.29, 1.82) is 0 Å². The first-order valence-electron chi connectivity index (χ1n) is 10.1. The van der Waals surface area contributed by atoms with E-state index in [0.717, 1.165) is 44.5 Å². The van der Waals surface area contributed by atoms with Crippen LogP contribution in [0.1, 0.15) is 31.7 Å². The Morgan fingerprint density at radius 1 is 1.25 bits per heavy atom. The van der Waals surface area contributed by atoms with Gasteiger partial charge in [-0.05, 0) is 44.2 Å². The largest absolute Gasteiger partial charge is 0.466 e. The van der Waals surface area contributed by atoms with Crippen LogP contribution in [0, 0.1) is 5.92 Å². The lowest BCUT2D eigenvalue weighted by molar-refractivity contribution is -0.149. The number of ether oxygens (including phenoxy) is 1. The average Bonchev–Trinajstić information content (AvgIpc) is 2.74. The van der Waals surface area contributed by atoms with Crippen LogP contribution in [0.3, 0.4) is 0 Å². The molecule has 0 unspecified atom stereocenters. The Morgan fingerprint density at radius 3 is 2.86 bits per heavy atom. The zero-order valence-corrected chi connectivity index (χ0v) is 16.8. The number of likely N-dealkylation sites (tertiary alicyclic amines) is 1. The summed E-state index contributed by atoms with van der Waals surface area (Å²) in [6.45, 7) is 4.53. The minimum Gasteiger partial charge on any atom is -0.466 e. The number of anilines is 1. The first-order valence-corrected chi connectivity index (χ1v) is 10.1. The summed E-state index contributed by atoms with van der Waals surface area (Å²) in [4.78, 5) is 33.1. The van der Waals surface area contributed by atoms with E-state index in [2.05, 4.69) is 16.4 Å². The summed E-state index contributed by atoms with van der Waals surface area (Å²) in [7, 11) is 1.71. The van der Waals surface area contributed by atoms with E-state index >= 15 is 0 Å². The van der Waals surface area contributed by atoms with Crippen LogP contribution in [0.25, 0.3) is 0 Å². The van der Waals surface area contributed by atoms with Crippen molar-refractivity contribution < 1.29 is 14.3 Å². The highest BCUT2D eigenvalue weighted by Crippen LogP contribution is 2.26. The molecular formula is C21H30N4O3. The molecule has 1 amide bonds. The maximum Gasteiger partial charge on any atom is 0.310 e. The van der Waals surface area contributed by atoms with Crippen molar-refractivity contribution in [2.24, 2.45) is 10.9 Å². The molecule has 152 valence electrons. The second kappa shape index (κ2) is 9.57. The van der Waals surface area contributed by atoms with E-state index in [1.165, 1.54) is 5.56 Å². The number of guanidine groups is 1. The number of para-hydroxylation sites is 1. The minimum absolute atomic E-state index is 0.0345. The molecule has 2 aliphatic heterocycles. The van der Waals surface area contributed by atoms with Crippen molar-refractivity contribution in [1.82, 2.24) is 10.2 Å².